The molecule has 0 atom stereocenters. The maximum absolute atomic E-state index is 12.2. The van der Waals surface area contributed by atoms with Crippen LogP contribution in [0, 0.1) is 0 Å². The highest BCUT2D eigenvalue weighted by molar-refractivity contribution is 6.42. The molecule has 0 unspecified atom stereocenters. The Kier molecular flexibility index (Phi) is 6.64. The number of carbonyl (C=O) groups excluding carboxylic acids is 2. The average molecular weight is 366 g/mol. The minimum Gasteiger partial charge on any atom is -0.462 e. The summed E-state index contributed by atoms with van der Waals surface area (Å²) >= 11 is 11.8. The van der Waals surface area contributed by atoms with Crippen LogP contribution in [0.4, 0.5) is 5.69 Å². The highest BCUT2D eigenvalue weighted by atomic mass is 35.5. The minimum atomic E-state index is -0.408. The van der Waals surface area contributed by atoms with E-state index in [1.54, 1.807) is 36.4 Å². The van der Waals surface area contributed by atoms with Crippen LogP contribution in [0.5, 0.6) is 0 Å². The second-order valence-electron chi connectivity index (χ2n) is 5.15. The van der Waals surface area contributed by atoms with Crippen molar-refractivity contribution >= 4 is 40.8 Å². The first kappa shape index (κ1) is 18.3. The number of esters is 1. The Morgan fingerprint density at radius 2 is 1.83 bits per heavy atom. The van der Waals surface area contributed by atoms with E-state index in [1.807, 2.05) is 6.92 Å². The Hall–Kier alpha value is -2.04. The molecule has 0 saturated heterocycles. The molecule has 0 saturated carbocycles. The lowest BCUT2D eigenvalue weighted by atomic mass is 10.1. The lowest BCUT2D eigenvalue weighted by molar-refractivity contribution is 0.0499. The average Bonchev–Trinajstić information content (AvgIpc) is 2.57. The summed E-state index contributed by atoms with van der Waals surface area (Å²) in [5.74, 6) is -0.751. The van der Waals surface area contributed by atoms with Crippen molar-refractivity contribution in [2.24, 2.45) is 0 Å². The molecule has 2 aromatic carbocycles. The number of carbonyl (C=O) groups is 2. The number of halogens is 2. The molecule has 0 aromatic heterocycles. The van der Waals surface area contributed by atoms with Gasteiger partial charge in [0.25, 0.3) is 5.91 Å². The van der Waals surface area contributed by atoms with Crippen molar-refractivity contribution < 1.29 is 14.3 Å². The zero-order valence-corrected chi connectivity index (χ0v) is 14.7. The van der Waals surface area contributed by atoms with Crippen LogP contribution in [0.25, 0.3) is 0 Å². The smallest absolute Gasteiger partial charge is 0.338 e. The number of benzene rings is 2. The molecule has 6 heteroatoms. The van der Waals surface area contributed by atoms with E-state index in [0.29, 0.717) is 33.5 Å². The number of hydrogen-bond donors (Lipinski definition) is 1. The normalized spacial score (nSPS) is 10.3. The zero-order chi connectivity index (χ0) is 17.5. The second kappa shape index (κ2) is 8.71. The lowest BCUT2D eigenvalue weighted by Crippen LogP contribution is -2.13. The fourth-order valence-electron chi connectivity index (χ4n) is 1.96. The van der Waals surface area contributed by atoms with Gasteiger partial charge in [0.15, 0.2) is 0 Å². The molecular weight excluding hydrogens is 349 g/mol. The Morgan fingerprint density at radius 3 is 2.54 bits per heavy atom. The second-order valence-corrected chi connectivity index (χ2v) is 5.97. The first-order valence-corrected chi connectivity index (χ1v) is 8.30. The van der Waals surface area contributed by atoms with Crippen LogP contribution in [0.1, 0.15) is 40.5 Å². The number of ether oxygens (including phenoxy) is 1. The van der Waals surface area contributed by atoms with Gasteiger partial charge in [0.1, 0.15) is 0 Å². The molecule has 0 aliphatic heterocycles. The van der Waals surface area contributed by atoms with Crippen molar-refractivity contribution in [2.75, 3.05) is 11.9 Å². The highest BCUT2D eigenvalue weighted by Gasteiger charge is 2.11. The number of anilines is 1. The molecular formula is C18H17Cl2NO3. The molecule has 126 valence electrons. The van der Waals surface area contributed by atoms with Gasteiger partial charge in [-0.2, -0.15) is 0 Å². The van der Waals surface area contributed by atoms with E-state index in [4.69, 9.17) is 27.9 Å². The molecule has 2 aromatic rings. The maximum atomic E-state index is 12.2. The Balaban J connectivity index is 2.07. The Bertz CT molecular complexity index is 747. The van der Waals surface area contributed by atoms with Crippen LogP contribution in [0.3, 0.4) is 0 Å². The van der Waals surface area contributed by atoms with Gasteiger partial charge >= 0.3 is 5.97 Å². The molecule has 24 heavy (non-hydrogen) atoms. The van der Waals surface area contributed by atoms with Gasteiger partial charge in [0, 0.05) is 11.3 Å². The van der Waals surface area contributed by atoms with E-state index < -0.39 is 5.97 Å². The summed E-state index contributed by atoms with van der Waals surface area (Å²) in [5, 5.41) is 3.40. The summed E-state index contributed by atoms with van der Waals surface area (Å²) in [4.78, 5) is 24.2. The summed E-state index contributed by atoms with van der Waals surface area (Å²) < 4.78 is 5.16. The molecule has 1 amide bonds. The van der Waals surface area contributed by atoms with Gasteiger partial charge in [0.05, 0.1) is 22.2 Å². The SMILES string of the molecule is CCCCOC(=O)c1cccc(NC(=O)c2ccc(Cl)c(Cl)c2)c1. The van der Waals surface area contributed by atoms with Crippen molar-refractivity contribution in [1.29, 1.82) is 0 Å². The van der Waals surface area contributed by atoms with Gasteiger partial charge in [-0.3, -0.25) is 4.79 Å². The fraction of sp³-hybridized carbons (Fsp3) is 0.222. The predicted octanol–water partition coefficient (Wildman–Crippen LogP) is 5.20. The molecule has 0 spiro atoms. The van der Waals surface area contributed by atoms with E-state index >= 15 is 0 Å². The molecule has 0 aliphatic carbocycles. The third kappa shape index (κ3) is 4.98. The number of nitrogens with one attached hydrogen (secondary N) is 1. The molecule has 0 fully saturated rings. The third-order valence-corrected chi connectivity index (χ3v) is 4.01. The molecule has 1 N–H and O–H groups in total. The number of rotatable bonds is 6. The topological polar surface area (TPSA) is 55.4 Å². The Labute approximate surface area is 150 Å². The molecule has 0 bridgehead atoms. The van der Waals surface area contributed by atoms with Crippen molar-refractivity contribution in [1.82, 2.24) is 0 Å². The maximum Gasteiger partial charge on any atom is 0.338 e. The van der Waals surface area contributed by atoms with E-state index in [-0.39, 0.29) is 5.91 Å². The van der Waals surface area contributed by atoms with Crippen molar-refractivity contribution in [3.05, 3.63) is 63.6 Å². The predicted molar refractivity (Wildman–Crippen MR) is 96.0 cm³/mol. The summed E-state index contributed by atoms with van der Waals surface area (Å²) in [6.07, 6.45) is 1.77. The summed E-state index contributed by atoms with van der Waals surface area (Å²) in [6.45, 7) is 2.40. The van der Waals surface area contributed by atoms with Gasteiger partial charge in [-0.15, -0.1) is 0 Å². The van der Waals surface area contributed by atoms with Gasteiger partial charge in [-0.25, -0.2) is 4.79 Å². The van der Waals surface area contributed by atoms with E-state index in [0.717, 1.165) is 12.8 Å². The van der Waals surface area contributed by atoms with Crippen molar-refractivity contribution in [3.8, 4) is 0 Å². The lowest BCUT2D eigenvalue weighted by Gasteiger charge is -2.08. The summed E-state index contributed by atoms with van der Waals surface area (Å²) in [5.41, 5.74) is 1.26. The molecule has 2 rings (SSSR count). The van der Waals surface area contributed by atoms with E-state index in [2.05, 4.69) is 5.32 Å². The van der Waals surface area contributed by atoms with Gasteiger partial charge in [-0.1, -0.05) is 42.6 Å². The first-order chi connectivity index (χ1) is 11.5. The van der Waals surface area contributed by atoms with Crippen molar-refractivity contribution in [3.63, 3.8) is 0 Å². The Morgan fingerprint density at radius 1 is 1.04 bits per heavy atom. The number of hydrogen-bond acceptors (Lipinski definition) is 3. The molecule has 4 nitrogen and oxygen atoms in total. The largest absolute Gasteiger partial charge is 0.462 e. The van der Waals surface area contributed by atoms with Gasteiger partial charge in [-0.05, 0) is 42.8 Å². The first-order valence-electron chi connectivity index (χ1n) is 7.55. The summed E-state index contributed by atoms with van der Waals surface area (Å²) in [6, 6.07) is 11.2. The van der Waals surface area contributed by atoms with Crippen LogP contribution in [-0.4, -0.2) is 18.5 Å². The minimum absolute atomic E-state index is 0.303. The van der Waals surface area contributed by atoms with Crippen molar-refractivity contribution in [2.45, 2.75) is 19.8 Å². The quantitative estimate of drug-likeness (QED) is 0.565. The molecule has 0 aliphatic rings. The third-order valence-electron chi connectivity index (χ3n) is 3.27. The summed E-state index contributed by atoms with van der Waals surface area (Å²) in [7, 11) is 0. The number of unbranched alkanes of at least 4 members (excludes halogenated alkanes) is 1. The zero-order valence-electron chi connectivity index (χ0n) is 13.1. The monoisotopic (exact) mass is 365 g/mol. The van der Waals surface area contributed by atoms with Gasteiger partial charge < -0.3 is 10.1 Å². The highest BCUT2D eigenvalue weighted by Crippen LogP contribution is 2.23. The van der Waals surface area contributed by atoms with Crippen LogP contribution in [-0.2, 0) is 4.74 Å². The fourth-order valence-corrected chi connectivity index (χ4v) is 2.26. The standard InChI is InChI=1S/C18H17Cl2NO3/c1-2-3-9-24-18(23)13-5-4-6-14(10-13)21-17(22)12-7-8-15(19)16(20)11-12/h4-8,10-11H,2-3,9H2,1H3,(H,21,22). The van der Waals surface area contributed by atoms with Crippen LogP contribution < -0.4 is 5.32 Å². The molecule has 0 radical (unpaired) electrons. The van der Waals surface area contributed by atoms with Crippen LogP contribution in [0.2, 0.25) is 10.0 Å². The van der Waals surface area contributed by atoms with E-state index in [9.17, 15) is 9.59 Å². The van der Waals surface area contributed by atoms with Gasteiger partial charge in [0.2, 0.25) is 0 Å². The van der Waals surface area contributed by atoms with E-state index in [1.165, 1.54) is 6.07 Å². The van der Waals surface area contributed by atoms with Crippen LogP contribution >= 0.6 is 23.2 Å². The van der Waals surface area contributed by atoms with Crippen LogP contribution in [0.15, 0.2) is 42.5 Å². The number of amides is 1. The molecule has 0 heterocycles.